The van der Waals surface area contributed by atoms with E-state index in [2.05, 4.69) is 15.5 Å². The molecule has 174 valence electrons. The van der Waals surface area contributed by atoms with Crippen molar-refractivity contribution >= 4 is 22.9 Å². The topological polar surface area (TPSA) is 87.3 Å². The number of aromatic amines is 1. The minimum Gasteiger partial charge on any atom is -0.444 e. The minimum absolute atomic E-state index is 0.0636. The van der Waals surface area contributed by atoms with Gasteiger partial charge in [-0.1, -0.05) is 12.1 Å². The number of likely N-dealkylation sites (tertiary alicyclic amines) is 1. The van der Waals surface area contributed by atoms with Crippen LogP contribution in [-0.2, 0) is 21.2 Å². The van der Waals surface area contributed by atoms with E-state index in [-0.39, 0.29) is 35.3 Å². The van der Waals surface area contributed by atoms with Gasteiger partial charge in [0.25, 0.3) is 0 Å². The van der Waals surface area contributed by atoms with Crippen LogP contribution in [0.15, 0.2) is 18.2 Å². The molecule has 1 aromatic carbocycles. The average Bonchev–Trinajstić information content (AvgIpc) is 3.00. The van der Waals surface area contributed by atoms with Crippen LogP contribution in [0.5, 0.6) is 0 Å². The zero-order valence-corrected chi connectivity index (χ0v) is 18.6. The fourth-order valence-corrected chi connectivity index (χ4v) is 4.59. The summed E-state index contributed by atoms with van der Waals surface area (Å²) in [6.07, 6.45) is -4.90. The van der Waals surface area contributed by atoms with Crippen LogP contribution in [0, 0.1) is 17.8 Å². The van der Waals surface area contributed by atoms with Crippen molar-refractivity contribution in [2.45, 2.75) is 51.9 Å². The quantitative estimate of drug-likeness (QED) is 0.736. The van der Waals surface area contributed by atoms with Gasteiger partial charge in [-0.05, 0) is 52.5 Å². The lowest BCUT2D eigenvalue weighted by atomic mass is 9.95. The predicted octanol–water partition coefficient (Wildman–Crippen LogP) is 4.05. The Morgan fingerprint density at radius 3 is 2.31 bits per heavy atom. The number of hydrogen-bond acceptors (Lipinski definition) is 4. The molecule has 0 spiro atoms. The highest BCUT2D eigenvalue weighted by Crippen LogP contribution is 2.52. The van der Waals surface area contributed by atoms with Crippen molar-refractivity contribution in [2.75, 3.05) is 13.1 Å². The number of piperidine rings is 1. The van der Waals surface area contributed by atoms with Crippen LogP contribution in [0.4, 0.5) is 18.0 Å². The van der Waals surface area contributed by atoms with Crippen LogP contribution in [0.2, 0.25) is 0 Å². The highest BCUT2D eigenvalue weighted by Gasteiger charge is 2.61. The first-order valence-electron chi connectivity index (χ1n) is 10.5. The molecule has 2 fully saturated rings. The van der Waals surface area contributed by atoms with Gasteiger partial charge < -0.3 is 15.0 Å². The number of para-hydroxylation sites is 1. The molecule has 1 aliphatic carbocycles. The molecule has 2 amide bonds. The van der Waals surface area contributed by atoms with Crippen LogP contribution in [-0.4, -0.2) is 45.8 Å². The van der Waals surface area contributed by atoms with Gasteiger partial charge in [-0.3, -0.25) is 9.89 Å². The summed E-state index contributed by atoms with van der Waals surface area (Å²) in [6, 6.07) is 3.88. The Balaban J connectivity index is 1.44. The third-order valence-corrected chi connectivity index (χ3v) is 6.10. The zero-order chi connectivity index (χ0) is 23.6. The van der Waals surface area contributed by atoms with E-state index in [1.165, 1.54) is 6.07 Å². The summed E-state index contributed by atoms with van der Waals surface area (Å²) in [5, 5.41) is 9.84. The van der Waals surface area contributed by atoms with Crippen LogP contribution in [0.3, 0.4) is 0 Å². The molecule has 0 bridgehead atoms. The third-order valence-electron chi connectivity index (χ3n) is 6.10. The number of nitrogens with zero attached hydrogens (tertiary/aromatic N) is 2. The standard InChI is InChI=1S/C22H27F3N4O3/c1-20(2,3)32-19(31)29-9-12-13(10-29)15(12)18(30)26-21(4,5)17-11-7-6-8-14(22(23,24)25)16(11)27-28-17/h6-8,12-13,15H,9-10H2,1-5H3,(H,26,30)(H,27,28)/t12-,13?,15?/m1/s1. The number of alkyl halides is 3. The van der Waals surface area contributed by atoms with E-state index in [4.69, 9.17) is 4.74 Å². The molecule has 1 saturated heterocycles. The van der Waals surface area contributed by atoms with E-state index in [0.29, 0.717) is 24.2 Å². The fraction of sp³-hybridized carbons (Fsp3) is 0.591. The number of carbonyl (C=O) groups excluding carboxylic acids is 2. The highest BCUT2D eigenvalue weighted by molar-refractivity contribution is 5.88. The second-order valence-corrected chi connectivity index (χ2v) is 10.2. The second kappa shape index (κ2) is 7.11. The van der Waals surface area contributed by atoms with Gasteiger partial charge in [0.15, 0.2) is 0 Å². The Kier molecular flexibility index (Phi) is 4.98. The van der Waals surface area contributed by atoms with Crippen LogP contribution < -0.4 is 5.32 Å². The number of halogens is 3. The fourth-order valence-electron chi connectivity index (χ4n) is 4.59. The van der Waals surface area contributed by atoms with E-state index in [1.807, 2.05) is 0 Å². The molecule has 2 unspecified atom stereocenters. The molecule has 0 radical (unpaired) electrons. The molecule has 7 nitrogen and oxygen atoms in total. The van der Waals surface area contributed by atoms with Gasteiger partial charge >= 0.3 is 12.3 Å². The molecule has 2 N–H and O–H groups in total. The average molecular weight is 452 g/mol. The number of rotatable bonds is 3. The summed E-state index contributed by atoms with van der Waals surface area (Å²) in [5.74, 6) is -0.279. The van der Waals surface area contributed by atoms with E-state index >= 15 is 0 Å². The van der Waals surface area contributed by atoms with E-state index in [1.54, 1.807) is 45.6 Å². The lowest BCUT2D eigenvalue weighted by Crippen LogP contribution is -2.44. The lowest BCUT2D eigenvalue weighted by molar-refractivity contribution is -0.136. The van der Waals surface area contributed by atoms with Crippen LogP contribution in [0.25, 0.3) is 10.9 Å². The van der Waals surface area contributed by atoms with Crippen molar-refractivity contribution in [3.05, 3.63) is 29.5 Å². The van der Waals surface area contributed by atoms with Crippen molar-refractivity contribution in [3.63, 3.8) is 0 Å². The summed E-state index contributed by atoms with van der Waals surface area (Å²) in [5.41, 5.74) is -2.12. The van der Waals surface area contributed by atoms with Gasteiger partial charge in [0.1, 0.15) is 11.1 Å². The number of ether oxygens (including phenoxy) is 1. The molecule has 2 aliphatic rings. The number of amides is 2. The molecule has 2 aromatic rings. The summed E-state index contributed by atoms with van der Waals surface area (Å²) in [4.78, 5) is 26.8. The van der Waals surface area contributed by atoms with Crippen molar-refractivity contribution < 1.29 is 27.5 Å². The van der Waals surface area contributed by atoms with Crippen molar-refractivity contribution in [1.82, 2.24) is 20.4 Å². The molecular weight excluding hydrogens is 425 g/mol. The first kappa shape index (κ1) is 22.4. The molecule has 1 saturated carbocycles. The molecule has 2 heterocycles. The highest BCUT2D eigenvalue weighted by atomic mass is 19.4. The number of nitrogens with one attached hydrogen (secondary N) is 2. The zero-order valence-electron chi connectivity index (χ0n) is 18.6. The van der Waals surface area contributed by atoms with E-state index < -0.39 is 22.9 Å². The van der Waals surface area contributed by atoms with Gasteiger partial charge in [-0.15, -0.1) is 0 Å². The number of carbonyl (C=O) groups is 2. The number of benzene rings is 1. The minimum atomic E-state index is -4.52. The maximum Gasteiger partial charge on any atom is 0.418 e. The van der Waals surface area contributed by atoms with Gasteiger partial charge in [-0.25, -0.2) is 4.79 Å². The molecule has 4 rings (SSSR count). The molecule has 3 atom stereocenters. The molecule has 32 heavy (non-hydrogen) atoms. The Labute approximate surface area is 183 Å². The lowest BCUT2D eigenvalue weighted by Gasteiger charge is -2.28. The third kappa shape index (κ3) is 4.02. The molecule has 1 aromatic heterocycles. The number of H-pyrrole nitrogens is 1. The number of hydrogen-bond donors (Lipinski definition) is 2. The Morgan fingerprint density at radius 1 is 1.12 bits per heavy atom. The first-order valence-corrected chi connectivity index (χ1v) is 10.5. The SMILES string of the molecule is CC(C)(C)OC(=O)N1CC2C(C(=O)NC(C)(C)c3[nH]nc4c(C(F)(F)F)cccc34)[C@@H]2C1. The Hall–Kier alpha value is -2.78. The Bertz CT molecular complexity index is 1060. The monoisotopic (exact) mass is 452 g/mol. The van der Waals surface area contributed by atoms with Gasteiger partial charge in [0.2, 0.25) is 5.91 Å². The van der Waals surface area contributed by atoms with Gasteiger partial charge in [-0.2, -0.15) is 18.3 Å². The number of aromatic nitrogens is 2. The predicted molar refractivity (Wildman–Crippen MR) is 111 cm³/mol. The summed E-state index contributed by atoms with van der Waals surface area (Å²) in [7, 11) is 0. The van der Waals surface area contributed by atoms with Crippen LogP contribution >= 0.6 is 0 Å². The normalized spacial score (nSPS) is 23.2. The summed E-state index contributed by atoms with van der Waals surface area (Å²) >= 11 is 0. The Morgan fingerprint density at radius 2 is 1.75 bits per heavy atom. The first-order chi connectivity index (χ1) is 14.7. The van der Waals surface area contributed by atoms with Gasteiger partial charge in [0, 0.05) is 24.4 Å². The largest absolute Gasteiger partial charge is 0.444 e. The van der Waals surface area contributed by atoms with E-state index in [9.17, 15) is 22.8 Å². The van der Waals surface area contributed by atoms with Crippen LogP contribution in [0.1, 0.15) is 45.9 Å². The summed E-state index contributed by atoms with van der Waals surface area (Å²) in [6.45, 7) is 9.77. The van der Waals surface area contributed by atoms with Crippen molar-refractivity contribution in [2.24, 2.45) is 17.8 Å². The van der Waals surface area contributed by atoms with E-state index in [0.717, 1.165) is 6.07 Å². The maximum atomic E-state index is 13.3. The maximum absolute atomic E-state index is 13.3. The molecule has 10 heteroatoms. The molecular formula is C22H27F3N4O3. The molecule has 1 aliphatic heterocycles. The van der Waals surface area contributed by atoms with Gasteiger partial charge in [0.05, 0.1) is 16.8 Å². The number of fused-ring (bicyclic) bond motifs is 2. The van der Waals surface area contributed by atoms with Crippen molar-refractivity contribution in [1.29, 1.82) is 0 Å². The summed E-state index contributed by atoms with van der Waals surface area (Å²) < 4.78 is 45.3. The smallest absolute Gasteiger partial charge is 0.418 e. The second-order valence-electron chi connectivity index (χ2n) is 10.2. The van der Waals surface area contributed by atoms with Crippen molar-refractivity contribution in [3.8, 4) is 0 Å².